The van der Waals surface area contributed by atoms with Crippen LogP contribution < -0.4 is 5.73 Å². The number of hydrogen-bond donors (Lipinski definition) is 1. The summed E-state index contributed by atoms with van der Waals surface area (Å²) in [5.41, 5.74) is 7.12. The van der Waals surface area contributed by atoms with E-state index in [-0.39, 0.29) is 0 Å². The summed E-state index contributed by atoms with van der Waals surface area (Å²) >= 11 is 0. The molecule has 138 valence electrons. The van der Waals surface area contributed by atoms with Crippen molar-refractivity contribution < 1.29 is 0 Å². The largest absolute Gasteiger partial charge is 0.330 e. The van der Waals surface area contributed by atoms with E-state index in [4.69, 9.17) is 5.73 Å². The van der Waals surface area contributed by atoms with Crippen molar-refractivity contribution in [1.82, 2.24) is 0 Å². The van der Waals surface area contributed by atoms with Crippen molar-refractivity contribution in [2.45, 2.75) is 97.3 Å². The maximum Gasteiger partial charge on any atom is -0.00773 e. The summed E-state index contributed by atoms with van der Waals surface area (Å²) in [6.07, 6.45) is 19.5. The molecule has 3 unspecified atom stereocenters. The Bertz CT molecular complexity index is 445. The normalized spacial score (nSPS) is 50.9. The predicted molar refractivity (Wildman–Crippen MR) is 103 cm³/mol. The molecule has 0 heterocycles. The molecule has 0 saturated heterocycles. The molecule has 0 radical (unpaired) electrons. The van der Waals surface area contributed by atoms with E-state index in [0.29, 0.717) is 10.8 Å². The van der Waals surface area contributed by atoms with Gasteiger partial charge >= 0.3 is 0 Å². The Balaban J connectivity index is 1.51. The van der Waals surface area contributed by atoms with Gasteiger partial charge in [0.2, 0.25) is 0 Å². The minimum atomic E-state index is 0.674. The van der Waals surface area contributed by atoms with Crippen LogP contribution in [0.3, 0.4) is 0 Å². The van der Waals surface area contributed by atoms with E-state index in [2.05, 4.69) is 13.8 Å². The molecule has 4 rings (SSSR count). The molecule has 0 aromatic rings. The quantitative estimate of drug-likeness (QED) is 0.613. The van der Waals surface area contributed by atoms with Gasteiger partial charge in [0.25, 0.3) is 0 Å². The number of nitrogens with two attached hydrogens (primary N) is 1. The summed E-state index contributed by atoms with van der Waals surface area (Å²) in [6.45, 7) is 6.30. The lowest BCUT2D eigenvalue weighted by Crippen LogP contribution is -2.52. The Morgan fingerprint density at radius 3 is 2.46 bits per heavy atom. The second-order valence-corrected chi connectivity index (χ2v) is 10.5. The number of rotatable bonds is 4. The van der Waals surface area contributed by atoms with Crippen molar-refractivity contribution in [3.8, 4) is 0 Å². The Kier molecular flexibility index (Phi) is 4.78. The molecule has 4 aliphatic rings. The third kappa shape index (κ3) is 2.60. The number of hydrogen-bond acceptors (Lipinski definition) is 1. The van der Waals surface area contributed by atoms with Gasteiger partial charge in [0.05, 0.1) is 0 Å². The maximum absolute atomic E-state index is 5.74. The first kappa shape index (κ1) is 17.4. The Hall–Kier alpha value is -0.0400. The zero-order valence-corrected chi connectivity index (χ0v) is 16.4. The van der Waals surface area contributed by atoms with E-state index in [9.17, 15) is 0 Å². The van der Waals surface area contributed by atoms with Crippen LogP contribution in [0.4, 0.5) is 0 Å². The maximum atomic E-state index is 5.74. The zero-order chi connectivity index (χ0) is 16.8. The smallest absolute Gasteiger partial charge is 0.00773 e. The Morgan fingerprint density at radius 2 is 1.62 bits per heavy atom. The van der Waals surface area contributed by atoms with Crippen LogP contribution >= 0.6 is 0 Å². The van der Waals surface area contributed by atoms with E-state index in [1.165, 1.54) is 44.9 Å². The van der Waals surface area contributed by atoms with Gasteiger partial charge in [0.15, 0.2) is 0 Å². The highest BCUT2D eigenvalue weighted by Crippen LogP contribution is 2.67. The first-order valence-electron chi connectivity index (χ1n) is 11.3. The summed E-state index contributed by atoms with van der Waals surface area (Å²) < 4.78 is 0. The topological polar surface area (TPSA) is 26.0 Å². The average Bonchev–Trinajstić information content (AvgIpc) is 2.91. The third-order valence-electron chi connectivity index (χ3n) is 9.79. The predicted octanol–water partition coefficient (Wildman–Crippen LogP) is 6.16. The second kappa shape index (κ2) is 6.60. The highest BCUT2D eigenvalue weighted by atomic mass is 14.6. The van der Waals surface area contributed by atoms with Crippen LogP contribution in [0.5, 0.6) is 0 Å². The summed E-state index contributed by atoms with van der Waals surface area (Å²) in [6, 6.07) is 0. The molecule has 7 atom stereocenters. The summed E-state index contributed by atoms with van der Waals surface area (Å²) in [7, 11) is 0. The fraction of sp³-hybridized carbons (Fsp3) is 1.00. The summed E-state index contributed by atoms with van der Waals surface area (Å²) in [5.74, 6) is 5.27. The van der Waals surface area contributed by atoms with Gasteiger partial charge in [-0.1, -0.05) is 33.1 Å². The molecular weight excluding hydrogens is 290 g/mol. The lowest BCUT2D eigenvalue weighted by molar-refractivity contribution is -0.111. The van der Waals surface area contributed by atoms with Crippen molar-refractivity contribution >= 4 is 0 Å². The van der Waals surface area contributed by atoms with Crippen molar-refractivity contribution in [3.63, 3.8) is 0 Å². The van der Waals surface area contributed by atoms with Crippen LogP contribution in [0.15, 0.2) is 0 Å². The van der Waals surface area contributed by atoms with Crippen molar-refractivity contribution in [2.75, 3.05) is 6.54 Å². The fourth-order valence-electron chi connectivity index (χ4n) is 8.41. The second-order valence-electron chi connectivity index (χ2n) is 10.5. The molecule has 0 spiro atoms. The van der Waals surface area contributed by atoms with E-state index >= 15 is 0 Å². The van der Waals surface area contributed by atoms with Crippen LogP contribution in [0.25, 0.3) is 0 Å². The number of unbranched alkanes of at least 4 members (excludes halogenated alkanes) is 1. The lowest BCUT2D eigenvalue weighted by Gasteiger charge is -2.60. The van der Waals surface area contributed by atoms with Crippen LogP contribution in [0.2, 0.25) is 0 Å². The van der Waals surface area contributed by atoms with Crippen LogP contribution in [0.1, 0.15) is 97.3 Å². The molecule has 4 saturated carbocycles. The molecular formula is C23H41N. The van der Waals surface area contributed by atoms with Gasteiger partial charge in [-0.05, 0) is 111 Å². The Morgan fingerprint density at radius 1 is 0.792 bits per heavy atom. The SMILES string of the molecule is CC12CCC3[C@@H](CC[C@@H]4CCCC[C@]34C)C1CC[C@@H]2CCCCN. The molecule has 1 nitrogen and oxygen atoms in total. The van der Waals surface area contributed by atoms with Gasteiger partial charge < -0.3 is 5.73 Å². The molecule has 0 aliphatic heterocycles. The Labute approximate surface area is 150 Å². The number of fused-ring (bicyclic) bond motifs is 5. The third-order valence-corrected chi connectivity index (χ3v) is 9.79. The molecule has 0 aromatic carbocycles. The van der Waals surface area contributed by atoms with Gasteiger partial charge in [-0.25, -0.2) is 0 Å². The van der Waals surface area contributed by atoms with E-state index in [1.54, 1.807) is 38.5 Å². The first-order valence-corrected chi connectivity index (χ1v) is 11.3. The van der Waals surface area contributed by atoms with Crippen LogP contribution in [0, 0.1) is 40.4 Å². The van der Waals surface area contributed by atoms with Crippen molar-refractivity contribution in [3.05, 3.63) is 0 Å². The standard InChI is InChI=1S/C23H41N/c1-22-14-5-3-7-17(22)9-11-19-20-12-10-18(8-4-6-16-24)23(20,2)15-13-21(19)22/h17-21H,3-16,24H2,1-2H3/t17-,18-,19-,20?,21?,22-,23?/m0/s1. The minimum Gasteiger partial charge on any atom is -0.330 e. The monoisotopic (exact) mass is 331 g/mol. The van der Waals surface area contributed by atoms with Crippen LogP contribution in [-0.4, -0.2) is 6.54 Å². The lowest BCUT2D eigenvalue weighted by atomic mass is 9.45. The van der Waals surface area contributed by atoms with Crippen molar-refractivity contribution in [2.24, 2.45) is 46.2 Å². The van der Waals surface area contributed by atoms with E-state index in [1.807, 2.05) is 0 Å². The summed E-state index contributed by atoms with van der Waals surface area (Å²) in [5, 5.41) is 0. The van der Waals surface area contributed by atoms with Gasteiger partial charge in [0, 0.05) is 0 Å². The molecule has 4 fully saturated rings. The van der Waals surface area contributed by atoms with Gasteiger partial charge in [-0.3, -0.25) is 0 Å². The highest BCUT2D eigenvalue weighted by Gasteiger charge is 2.59. The molecule has 24 heavy (non-hydrogen) atoms. The zero-order valence-electron chi connectivity index (χ0n) is 16.4. The molecule has 0 bridgehead atoms. The molecule has 1 heteroatoms. The van der Waals surface area contributed by atoms with Gasteiger partial charge in [-0.15, -0.1) is 0 Å². The molecule has 4 aliphatic carbocycles. The molecule has 2 N–H and O–H groups in total. The highest BCUT2D eigenvalue weighted by molar-refractivity contribution is 5.08. The van der Waals surface area contributed by atoms with Gasteiger partial charge in [0.1, 0.15) is 0 Å². The first-order chi connectivity index (χ1) is 11.6. The van der Waals surface area contributed by atoms with E-state index < -0.39 is 0 Å². The minimum absolute atomic E-state index is 0.674. The van der Waals surface area contributed by atoms with Crippen molar-refractivity contribution in [1.29, 1.82) is 0 Å². The summed E-state index contributed by atoms with van der Waals surface area (Å²) in [4.78, 5) is 0. The fourth-order valence-corrected chi connectivity index (χ4v) is 8.41. The van der Waals surface area contributed by atoms with Crippen LogP contribution in [-0.2, 0) is 0 Å². The average molecular weight is 332 g/mol. The van der Waals surface area contributed by atoms with Gasteiger partial charge in [-0.2, -0.15) is 0 Å². The van der Waals surface area contributed by atoms with E-state index in [0.717, 1.165) is 36.1 Å². The molecule has 0 amide bonds. The molecule has 0 aromatic heterocycles.